The molecule has 0 saturated carbocycles. The summed E-state index contributed by atoms with van der Waals surface area (Å²) in [6.45, 7) is 4.30. The molecule has 2 N–H and O–H groups in total. The third-order valence-electron chi connectivity index (χ3n) is 4.19. The van der Waals surface area contributed by atoms with Gasteiger partial charge in [-0.1, -0.05) is 13.8 Å². The van der Waals surface area contributed by atoms with Crippen LogP contribution in [0.15, 0.2) is 18.2 Å². The number of halogens is 1. The fourth-order valence-corrected chi connectivity index (χ4v) is 4.72. The summed E-state index contributed by atoms with van der Waals surface area (Å²) in [5.74, 6) is -2.69. The zero-order chi connectivity index (χ0) is 19.5. The predicted octanol–water partition coefficient (Wildman–Crippen LogP) is 1.70. The summed E-state index contributed by atoms with van der Waals surface area (Å²) < 4.78 is 39.8. The first-order valence-electron chi connectivity index (χ1n) is 8.41. The number of hydrogen-bond donors (Lipinski definition) is 2. The Hall–Kier alpha value is -2.00. The van der Waals surface area contributed by atoms with E-state index in [1.54, 1.807) is 0 Å². The van der Waals surface area contributed by atoms with Gasteiger partial charge < -0.3 is 10.4 Å². The van der Waals surface area contributed by atoms with Gasteiger partial charge in [0.25, 0.3) is 5.91 Å². The minimum absolute atomic E-state index is 0.0363. The molecule has 0 spiro atoms. The van der Waals surface area contributed by atoms with E-state index in [9.17, 15) is 22.4 Å². The number of nitrogens with zero attached hydrogens (tertiary/aromatic N) is 1. The molecule has 9 heteroatoms. The summed E-state index contributed by atoms with van der Waals surface area (Å²) in [7, 11) is -3.30. The van der Waals surface area contributed by atoms with Crippen molar-refractivity contribution < 1.29 is 27.5 Å². The summed E-state index contributed by atoms with van der Waals surface area (Å²) in [6, 6.07) is 2.85. The normalized spacial score (nSPS) is 16.6. The standard InChI is InChI=1S/C17H23FN2O5S/c1-11(2)10-26(24,25)20-7-5-13(6-8-20)19-16(21)14-4-3-12(17(22)23)9-15(14)18/h3-4,9,11,13H,5-8,10H2,1-2H3,(H,19,21)(H,22,23). The number of carboxylic acids is 1. The van der Waals surface area contributed by atoms with Crippen molar-refractivity contribution in [2.45, 2.75) is 32.7 Å². The fraction of sp³-hybridized carbons (Fsp3) is 0.529. The van der Waals surface area contributed by atoms with Gasteiger partial charge in [-0.2, -0.15) is 0 Å². The van der Waals surface area contributed by atoms with Crippen molar-refractivity contribution in [2.24, 2.45) is 5.92 Å². The van der Waals surface area contributed by atoms with E-state index in [1.165, 1.54) is 10.4 Å². The summed E-state index contributed by atoms with van der Waals surface area (Å²) in [5, 5.41) is 11.5. The lowest BCUT2D eigenvalue weighted by Gasteiger charge is -2.32. The van der Waals surface area contributed by atoms with Crippen LogP contribution in [0.1, 0.15) is 47.4 Å². The Morgan fingerprint density at radius 1 is 1.31 bits per heavy atom. The number of carbonyl (C=O) groups excluding carboxylic acids is 1. The second-order valence-electron chi connectivity index (χ2n) is 6.82. The Morgan fingerprint density at radius 3 is 2.42 bits per heavy atom. The SMILES string of the molecule is CC(C)CS(=O)(=O)N1CCC(NC(=O)c2ccc(C(=O)O)cc2F)CC1. The molecule has 1 aromatic rings. The first-order chi connectivity index (χ1) is 12.1. The average Bonchev–Trinajstić information content (AvgIpc) is 2.53. The van der Waals surface area contributed by atoms with E-state index in [-0.39, 0.29) is 28.8 Å². The number of carbonyl (C=O) groups is 2. The van der Waals surface area contributed by atoms with Gasteiger partial charge in [-0.15, -0.1) is 0 Å². The number of sulfonamides is 1. The van der Waals surface area contributed by atoms with Gasteiger partial charge in [-0.3, -0.25) is 4.79 Å². The molecule has 1 aliphatic heterocycles. The van der Waals surface area contributed by atoms with E-state index < -0.39 is 27.7 Å². The van der Waals surface area contributed by atoms with Crippen LogP contribution in [0.2, 0.25) is 0 Å². The molecule has 26 heavy (non-hydrogen) atoms. The molecule has 2 rings (SSSR count). The van der Waals surface area contributed by atoms with Crippen LogP contribution in [0, 0.1) is 11.7 Å². The maximum absolute atomic E-state index is 13.9. The number of piperidine rings is 1. The first-order valence-corrected chi connectivity index (χ1v) is 10.0. The topological polar surface area (TPSA) is 104 Å². The van der Waals surface area contributed by atoms with E-state index in [4.69, 9.17) is 5.11 Å². The lowest BCUT2D eigenvalue weighted by Crippen LogP contribution is -2.47. The van der Waals surface area contributed by atoms with Crippen molar-refractivity contribution in [3.63, 3.8) is 0 Å². The van der Waals surface area contributed by atoms with Crippen LogP contribution in [-0.4, -0.2) is 54.6 Å². The molecule has 1 saturated heterocycles. The van der Waals surface area contributed by atoms with Crippen molar-refractivity contribution in [1.29, 1.82) is 0 Å². The molecule has 0 radical (unpaired) electrons. The molecular weight excluding hydrogens is 363 g/mol. The highest BCUT2D eigenvalue weighted by Gasteiger charge is 2.29. The van der Waals surface area contributed by atoms with Gasteiger partial charge in [0.2, 0.25) is 10.0 Å². The zero-order valence-electron chi connectivity index (χ0n) is 14.7. The Balaban J connectivity index is 1.95. The van der Waals surface area contributed by atoms with E-state index in [2.05, 4.69) is 5.32 Å². The van der Waals surface area contributed by atoms with Gasteiger partial charge >= 0.3 is 5.97 Å². The molecule has 0 atom stereocenters. The summed E-state index contributed by atoms with van der Waals surface area (Å²) in [6.07, 6.45) is 0.885. The van der Waals surface area contributed by atoms with Crippen molar-refractivity contribution in [1.82, 2.24) is 9.62 Å². The smallest absolute Gasteiger partial charge is 0.335 e. The number of carboxylic acid groups (broad SMARTS) is 1. The third kappa shape index (κ3) is 5.01. The number of benzene rings is 1. The minimum Gasteiger partial charge on any atom is -0.478 e. The van der Waals surface area contributed by atoms with E-state index >= 15 is 0 Å². The number of rotatable bonds is 6. The molecule has 7 nitrogen and oxygen atoms in total. The molecular formula is C17H23FN2O5S. The van der Waals surface area contributed by atoms with Gasteiger partial charge in [-0.05, 0) is 37.0 Å². The highest BCUT2D eigenvalue weighted by Crippen LogP contribution is 2.17. The Morgan fingerprint density at radius 2 is 1.92 bits per heavy atom. The van der Waals surface area contributed by atoms with Gasteiger partial charge in [0, 0.05) is 19.1 Å². The van der Waals surface area contributed by atoms with E-state index in [1.807, 2.05) is 13.8 Å². The second kappa shape index (κ2) is 8.13. The summed E-state index contributed by atoms with van der Waals surface area (Å²) >= 11 is 0. The number of amides is 1. The molecule has 0 aliphatic carbocycles. The number of nitrogens with one attached hydrogen (secondary N) is 1. The van der Waals surface area contributed by atoms with Crippen LogP contribution in [0.3, 0.4) is 0 Å². The van der Waals surface area contributed by atoms with E-state index in [0.717, 1.165) is 12.1 Å². The van der Waals surface area contributed by atoms with Crippen LogP contribution in [-0.2, 0) is 10.0 Å². The Bertz CT molecular complexity index is 786. The number of hydrogen-bond acceptors (Lipinski definition) is 4. The minimum atomic E-state index is -3.30. The molecule has 0 aromatic heterocycles. The van der Waals surface area contributed by atoms with Crippen LogP contribution < -0.4 is 5.32 Å². The molecule has 0 bridgehead atoms. The van der Waals surface area contributed by atoms with Crippen LogP contribution >= 0.6 is 0 Å². The van der Waals surface area contributed by atoms with Gasteiger partial charge in [0.05, 0.1) is 16.9 Å². The van der Waals surface area contributed by atoms with Crippen LogP contribution in [0.5, 0.6) is 0 Å². The average molecular weight is 386 g/mol. The predicted molar refractivity (Wildman–Crippen MR) is 94.0 cm³/mol. The van der Waals surface area contributed by atoms with Crippen molar-refractivity contribution >= 4 is 21.9 Å². The van der Waals surface area contributed by atoms with Gasteiger partial charge in [-0.25, -0.2) is 21.9 Å². The Labute approximate surface area is 152 Å². The monoisotopic (exact) mass is 386 g/mol. The Kier molecular flexibility index (Phi) is 6.35. The maximum atomic E-state index is 13.9. The largest absolute Gasteiger partial charge is 0.478 e. The summed E-state index contributed by atoms with van der Waals surface area (Å²) in [5.41, 5.74) is -0.465. The fourth-order valence-electron chi connectivity index (χ4n) is 2.90. The molecule has 1 heterocycles. The quantitative estimate of drug-likeness (QED) is 0.775. The molecule has 1 fully saturated rings. The van der Waals surface area contributed by atoms with Crippen molar-refractivity contribution in [2.75, 3.05) is 18.8 Å². The zero-order valence-corrected chi connectivity index (χ0v) is 15.6. The highest BCUT2D eigenvalue weighted by molar-refractivity contribution is 7.89. The summed E-state index contributed by atoms with van der Waals surface area (Å²) in [4.78, 5) is 23.0. The number of aromatic carboxylic acids is 1. The highest BCUT2D eigenvalue weighted by atomic mass is 32.2. The van der Waals surface area contributed by atoms with Crippen LogP contribution in [0.4, 0.5) is 4.39 Å². The van der Waals surface area contributed by atoms with Crippen molar-refractivity contribution in [3.05, 3.63) is 35.1 Å². The lowest BCUT2D eigenvalue weighted by molar-refractivity contribution is 0.0695. The van der Waals surface area contributed by atoms with E-state index in [0.29, 0.717) is 25.9 Å². The molecule has 1 aliphatic rings. The molecule has 1 aromatic carbocycles. The molecule has 1 amide bonds. The lowest BCUT2D eigenvalue weighted by atomic mass is 10.1. The van der Waals surface area contributed by atoms with Crippen LogP contribution in [0.25, 0.3) is 0 Å². The third-order valence-corrected chi connectivity index (χ3v) is 6.43. The second-order valence-corrected chi connectivity index (χ2v) is 8.83. The molecule has 144 valence electrons. The van der Waals surface area contributed by atoms with Crippen molar-refractivity contribution in [3.8, 4) is 0 Å². The van der Waals surface area contributed by atoms with Gasteiger partial charge in [0.15, 0.2) is 0 Å². The maximum Gasteiger partial charge on any atom is 0.335 e. The first kappa shape index (κ1) is 20.3. The van der Waals surface area contributed by atoms with Gasteiger partial charge in [0.1, 0.15) is 5.82 Å². The molecule has 0 unspecified atom stereocenters.